The van der Waals surface area contributed by atoms with E-state index in [1.807, 2.05) is 30.3 Å². The van der Waals surface area contributed by atoms with Gasteiger partial charge in [-0.15, -0.1) is 10.2 Å². The van der Waals surface area contributed by atoms with E-state index >= 15 is 0 Å². The first-order chi connectivity index (χ1) is 12.2. The third kappa shape index (κ3) is 4.30. The molecule has 6 nitrogen and oxygen atoms in total. The summed E-state index contributed by atoms with van der Waals surface area (Å²) < 4.78 is 5.39. The Bertz CT molecular complexity index is 856. The minimum Gasteiger partial charge on any atom is -0.421 e. The fourth-order valence-electron chi connectivity index (χ4n) is 2.44. The summed E-state index contributed by atoms with van der Waals surface area (Å²) >= 11 is 0. The summed E-state index contributed by atoms with van der Waals surface area (Å²) in [6.45, 7) is 2.29. The molecule has 0 aliphatic heterocycles. The van der Waals surface area contributed by atoms with E-state index in [0.717, 1.165) is 17.5 Å². The molecule has 128 valence electrons. The van der Waals surface area contributed by atoms with Crippen LogP contribution in [0.15, 0.2) is 52.9 Å². The van der Waals surface area contributed by atoms with Crippen molar-refractivity contribution in [2.45, 2.75) is 20.0 Å². The number of benzene rings is 2. The van der Waals surface area contributed by atoms with E-state index in [1.54, 1.807) is 25.1 Å². The largest absolute Gasteiger partial charge is 0.421 e. The highest BCUT2D eigenvalue weighted by Crippen LogP contribution is 2.18. The van der Waals surface area contributed by atoms with Gasteiger partial charge < -0.3 is 14.8 Å². The van der Waals surface area contributed by atoms with E-state index in [-0.39, 0.29) is 12.5 Å². The van der Waals surface area contributed by atoms with Crippen LogP contribution in [0, 0.1) is 6.92 Å². The van der Waals surface area contributed by atoms with E-state index in [2.05, 4.69) is 15.5 Å². The molecular formula is C19H19N3O3. The number of nitrogens with one attached hydrogen (secondary N) is 1. The SMILES string of the molecule is Cc1nnc(-c2cccc(C(=O)NCCc3ccc(CO)cc3)c2)o1. The van der Waals surface area contributed by atoms with Crippen molar-refractivity contribution in [3.05, 3.63) is 71.1 Å². The Morgan fingerprint density at radius 2 is 1.88 bits per heavy atom. The van der Waals surface area contributed by atoms with Gasteiger partial charge in [0, 0.05) is 24.6 Å². The maximum Gasteiger partial charge on any atom is 0.251 e. The molecule has 3 rings (SSSR count). The lowest BCUT2D eigenvalue weighted by molar-refractivity contribution is 0.0954. The summed E-state index contributed by atoms with van der Waals surface area (Å²) in [6, 6.07) is 14.8. The Kier molecular flexibility index (Phi) is 5.20. The molecule has 0 unspecified atom stereocenters. The standard InChI is InChI=1S/C19H19N3O3/c1-13-21-22-19(25-13)17-4-2-3-16(11-17)18(24)20-10-9-14-5-7-15(12-23)8-6-14/h2-8,11,23H,9-10,12H2,1H3,(H,20,24). The second kappa shape index (κ2) is 7.72. The maximum absolute atomic E-state index is 12.3. The van der Waals surface area contributed by atoms with Gasteiger partial charge in [0.15, 0.2) is 0 Å². The Morgan fingerprint density at radius 3 is 2.56 bits per heavy atom. The summed E-state index contributed by atoms with van der Waals surface area (Å²) in [4.78, 5) is 12.3. The van der Waals surface area contributed by atoms with Crippen LogP contribution in [0.3, 0.4) is 0 Å². The molecule has 2 aromatic carbocycles. The molecule has 2 N–H and O–H groups in total. The van der Waals surface area contributed by atoms with Gasteiger partial charge in [-0.25, -0.2) is 0 Å². The van der Waals surface area contributed by atoms with Crippen molar-refractivity contribution in [1.82, 2.24) is 15.5 Å². The minimum atomic E-state index is -0.148. The average Bonchev–Trinajstić information content (AvgIpc) is 3.09. The summed E-state index contributed by atoms with van der Waals surface area (Å²) in [5, 5.41) is 19.7. The van der Waals surface area contributed by atoms with Crippen LogP contribution < -0.4 is 5.32 Å². The number of rotatable bonds is 6. The number of carbonyl (C=O) groups is 1. The van der Waals surface area contributed by atoms with E-state index < -0.39 is 0 Å². The molecule has 0 saturated heterocycles. The molecule has 0 aliphatic rings. The number of aliphatic hydroxyl groups is 1. The molecular weight excluding hydrogens is 318 g/mol. The van der Waals surface area contributed by atoms with Gasteiger partial charge in [0.05, 0.1) is 6.61 Å². The number of aliphatic hydroxyl groups excluding tert-OH is 1. The summed E-state index contributed by atoms with van der Waals surface area (Å²) in [5.74, 6) is 0.734. The first-order valence-electron chi connectivity index (χ1n) is 8.03. The molecule has 3 aromatic rings. The van der Waals surface area contributed by atoms with E-state index in [9.17, 15) is 4.79 Å². The molecule has 0 radical (unpaired) electrons. The number of nitrogens with zero attached hydrogens (tertiary/aromatic N) is 2. The monoisotopic (exact) mass is 337 g/mol. The van der Waals surface area contributed by atoms with Crippen molar-refractivity contribution >= 4 is 5.91 Å². The van der Waals surface area contributed by atoms with Crippen LogP contribution in [-0.4, -0.2) is 27.8 Å². The number of aromatic nitrogens is 2. The number of hydrogen-bond donors (Lipinski definition) is 2. The highest BCUT2D eigenvalue weighted by molar-refractivity contribution is 5.95. The molecule has 1 amide bonds. The zero-order valence-electron chi connectivity index (χ0n) is 13.9. The van der Waals surface area contributed by atoms with Gasteiger partial charge in [0.2, 0.25) is 11.8 Å². The van der Waals surface area contributed by atoms with Gasteiger partial charge in [-0.05, 0) is 35.7 Å². The maximum atomic E-state index is 12.3. The van der Waals surface area contributed by atoms with Crippen molar-refractivity contribution in [3.63, 3.8) is 0 Å². The smallest absolute Gasteiger partial charge is 0.251 e. The van der Waals surface area contributed by atoms with E-state index in [4.69, 9.17) is 9.52 Å². The predicted molar refractivity (Wildman–Crippen MR) is 92.9 cm³/mol. The molecule has 0 spiro atoms. The first-order valence-corrected chi connectivity index (χ1v) is 8.03. The van der Waals surface area contributed by atoms with Crippen LogP contribution in [0.2, 0.25) is 0 Å². The van der Waals surface area contributed by atoms with Crippen LogP contribution in [-0.2, 0) is 13.0 Å². The molecule has 0 saturated carbocycles. The fourth-order valence-corrected chi connectivity index (χ4v) is 2.44. The lowest BCUT2D eigenvalue weighted by Gasteiger charge is -2.07. The molecule has 0 fully saturated rings. The topological polar surface area (TPSA) is 88.2 Å². The average molecular weight is 337 g/mol. The lowest BCUT2D eigenvalue weighted by Crippen LogP contribution is -2.25. The van der Waals surface area contributed by atoms with Gasteiger partial charge >= 0.3 is 0 Å². The highest BCUT2D eigenvalue weighted by atomic mass is 16.4. The zero-order chi connectivity index (χ0) is 17.6. The van der Waals surface area contributed by atoms with Crippen LogP contribution in [0.1, 0.15) is 27.4 Å². The van der Waals surface area contributed by atoms with Crippen molar-refractivity contribution in [1.29, 1.82) is 0 Å². The molecule has 0 aliphatic carbocycles. The summed E-state index contributed by atoms with van der Waals surface area (Å²) in [7, 11) is 0. The number of hydrogen-bond acceptors (Lipinski definition) is 5. The second-order valence-electron chi connectivity index (χ2n) is 5.69. The fraction of sp³-hybridized carbons (Fsp3) is 0.211. The molecule has 1 aromatic heterocycles. The van der Waals surface area contributed by atoms with Crippen molar-refractivity contribution in [3.8, 4) is 11.5 Å². The van der Waals surface area contributed by atoms with Crippen molar-refractivity contribution in [2.24, 2.45) is 0 Å². The molecule has 6 heteroatoms. The van der Waals surface area contributed by atoms with Gasteiger partial charge in [0.1, 0.15) is 0 Å². The van der Waals surface area contributed by atoms with E-state index in [0.29, 0.717) is 29.5 Å². The number of aryl methyl sites for hydroxylation is 1. The van der Waals surface area contributed by atoms with Crippen LogP contribution in [0.4, 0.5) is 0 Å². The van der Waals surface area contributed by atoms with Crippen molar-refractivity contribution in [2.75, 3.05) is 6.54 Å². The van der Waals surface area contributed by atoms with Crippen LogP contribution in [0.5, 0.6) is 0 Å². The lowest BCUT2D eigenvalue weighted by atomic mass is 10.1. The van der Waals surface area contributed by atoms with Crippen molar-refractivity contribution < 1.29 is 14.3 Å². The predicted octanol–water partition coefficient (Wildman–Crippen LogP) is 2.51. The second-order valence-corrected chi connectivity index (χ2v) is 5.69. The highest BCUT2D eigenvalue weighted by Gasteiger charge is 2.10. The van der Waals surface area contributed by atoms with Crippen LogP contribution >= 0.6 is 0 Å². The summed E-state index contributed by atoms with van der Waals surface area (Å²) in [6.07, 6.45) is 0.722. The Morgan fingerprint density at radius 1 is 1.12 bits per heavy atom. The number of carbonyl (C=O) groups excluding carboxylic acids is 1. The normalized spacial score (nSPS) is 10.6. The Balaban J connectivity index is 1.59. The van der Waals surface area contributed by atoms with E-state index in [1.165, 1.54) is 0 Å². The molecule has 25 heavy (non-hydrogen) atoms. The van der Waals surface area contributed by atoms with Gasteiger partial charge in [-0.1, -0.05) is 30.3 Å². The summed E-state index contributed by atoms with van der Waals surface area (Å²) in [5.41, 5.74) is 3.24. The zero-order valence-corrected chi connectivity index (χ0v) is 13.9. The Labute approximate surface area is 145 Å². The Hall–Kier alpha value is -2.99. The van der Waals surface area contributed by atoms with Gasteiger partial charge in [0.25, 0.3) is 5.91 Å². The van der Waals surface area contributed by atoms with Crippen LogP contribution in [0.25, 0.3) is 11.5 Å². The third-order valence-corrected chi connectivity index (χ3v) is 3.80. The minimum absolute atomic E-state index is 0.0346. The molecule has 1 heterocycles. The molecule has 0 atom stereocenters. The van der Waals surface area contributed by atoms with Gasteiger partial charge in [-0.3, -0.25) is 4.79 Å². The van der Waals surface area contributed by atoms with Gasteiger partial charge in [-0.2, -0.15) is 0 Å². The quantitative estimate of drug-likeness (QED) is 0.721. The first kappa shape index (κ1) is 16.9. The number of amides is 1. The molecule has 0 bridgehead atoms. The third-order valence-electron chi connectivity index (χ3n) is 3.80.